The summed E-state index contributed by atoms with van der Waals surface area (Å²) in [5, 5.41) is 35.6. The lowest BCUT2D eigenvalue weighted by Gasteiger charge is -2.19. The molecule has 10 nitrogen and oxygen atoms in total. The lowest BCUT2D eigenvalue weighted by Crippen LogP contribution is -2.35. The normalized spacial score (nSPS) is 12.1. The van der Waals surface area contributed by atoms with E-state index in [0.717, 1.165) is 50.0 Å². The summed E-state index contributed by atoms with van der Waals surface area (Å²) in [5.74, 6) is -1.10. The number of hydrogen-bond donors (Lipinski definition) is 4. The molecule has 2 atom stereocenters. The van der Waals surface area contributed by atoms with Crippen molar-refractivity contribution in [2.45, 2.75) is 438 Å². The second-order valence-corrected chi connectivity index (χ2v) is 29.5. The van der Waals surface area contributed by atoms with Gasteiger partial charge >= 0.3 is 23.9 Å². The lowest BCUT2D eigenvalue weighted by atomic mass is 10.0. The average Bonchev–Trinajstić information content (AvgIpc) is 3.55. The molecule has 0 spiro atoms. The van der Waals surface area contributed by atoms with Gasteiger partial charge in [0.05, 0.1) is 0 Å². The molecule has 0 radical (unpaired) electrons. The molecule has 2 unspecified atom stereocenters. The number of rotatable bonds is 66. The molecule has 0 aromatic carbocycles. The Hall–Kier alpha value is -1.50. The molecule has 0 bridgehead atoms. The van der Waals surface area contributed by atoms with Crippen molar-refractivity contribution in [3.63, 3.8) is 0 Å². The van der Waals surface area contributed by atoms with Crippen LogP contribution in [0.5, 0.6) is 0 Å². The monoisotopic (exact) mass is 1290 g/mol. The Morgan fingerprint density at radius 3 is 0.818 bits per heavy atom. The maximum absolute atomic E-state index is 11.0. The number of thioether (sulfide) groups is 2. The Morgan fingerprint density at radius 1 is 0.318 bits per heavy atom. The highest BCUT2D eigenvalue weighted by atomic mass is 32.2. The van der Waals surface area contributed by atoms with Crippen molar-refractivity contribution >= 4 is 47.4 Å². The average molecular weight is 1290 g/mol. The van der Waals surface area contributed by atoms with Gasteiger partial charge in [0.25, 0.3) is 0 Å². The summed E-state index contributed by atoms with van der Waals surface area (Å²) in [6.07, 6.45) is 70.5. The van der Waals surface area contributed by atoms with E-state index >= 15 is 0 Å². The number of hydrogen-bond acceptors (Lipinski definition) is 8. The van der Waals surface area contributed by atoms with E-state index in [1.807, 2.05) is 13.8 Å². The zero-order valence-electron chi connectivity index (χ0n) is 60.2. The zero-order valence-corrected chi connectivity index (χ0v) is 61.9. The summed E-state index contributed by atoms with van der Waals surface area (Å²) in [7, 11) is 0. The van der Waals surface area contributed by atoms with Crippen LogP contribution in [0.15, 0.2) is 0 Å². The zero-order chi connectivity index (χ0) is 66.3. The molecule has 4 N–H and O–H groups in total. The summed E-state index contributed by atoms with van der Waals surface area (Å²) in [5.41, 5.74) is -1.04. The predicted octanol–water partition coefficient (Wildman–Crippen LogP) is 25.3. The van der Waals surface area contributed by atoms with Crippen LogP contribution in [0, 0.1) is 0 Å². The van der Waals surface area contributed by atoms with Gasteiger partial charge in [-0.3, -0.25) is 9.59 Å². The predicted molar refractivity (Wildman–Crippen MR) is 386 cm³/mol. The van der Waals surface area contributed by atoms with Crippen LogP contribution in [0.3, 0.4) is 0 Å². The molecule has 88 heavy (non-hydrogen) atoms. The molecule has 0 aromatic rings. The summed E-state index contributed by atoms with van der Waals surface area (Å²) in [6.45, 7) is 20.8. The van der Waals surface area contributed by atoms with Gasteiger partial charge < -0.3 is 29.9 Å². The summed E-state index contributed by atoms with van der Waals surface area (Å²) in [6, 6.07) is 0. The number of carbonyl (C=O) groups is 4. The number of carboxylic acids is 4. The Labute approximate surface area is 555 Å². The Balaban J connectivity index is -0.000000535. The van der Waals surface area contributed by atoms with Gasteiger partial charge in [0.15, 0.2) is 11.7 Å². The van der Waals surface area contributed by atoms with Crippen LogP contribution in [0.1, 0.15) is 416 Å². The topological polar surface area (TPSA) is 168 Å². The van der Waals surface area contributed by atoms with Crippen molar-refractivity contribution < 1.29 is 49.1 Å². The van der Waals surface area contributed by atoms with Gasteiger partial charge in [0, 0.05) is 13.2 Å². The summed E-state index contributed by atoms with van der Waals surface area (Å²) < 4.78 is 10.1. The fourth-order valence-electron chi connectivity index (χ4n) is 10.4. The Bertz CT molecular complexity index is 1320. The summed E-state index contributed by atoms with van der Waals surface area (Å²) in [4.78, 5) is 43.5. The first kappa shape index (κ1) is 92.9. The van der Waals surface area contributed by atoms with Gasteiger partial charge in [-0.25, -0.2) is 9.59 Å². The Kier molecular flexibility index (Phi) is 78.7. The van der Waals surface area contributed by atoms with Crippen molar-refractivity contribution in [1.29, 1.82) is 0 Å². The van der Waals surface area contributed by atoms with E-state index in [-0.39, 0.29) is 5.25 Å². The maximum Gasteiger partial charge on any atom is 0.335 e. The van der Waals surface area contributed by atoms with E-state index in [1.165, 1.54) is 302 Å². The largest absolute Gasteiger partial charge is 0.480 e. The highest BCUT2D eigenvalue weighted by molar-refractivity contribution is 8.01. The van der Waals surface area contributed by atoms with Crippen LogP contribution in [0.4, 0.5) is 0 Å². The van der Waals surface area contributed by atoms with E-state index in [0.29, 0.717) is 19.6 Å². The van der Waals surface area contributed by atoms with E-state index in [9.17, 15) is 19.2 Å². The van der Waals surface area contributed by atoms with Crippen molar-refractivity contribution in [3.05, 3.63) is 0 Å². The minimum atomic E-state index is -1.04. The minimum Gasteiger partial charge on any atom is -0.480 e. The fraction of sp³-hybridized carbons (Fsp3) is 0.947. The van der Waals surface area contributed by atoms with Gasteiger partial charge in [0.2, 0.25) is 0 Å². The minimum absolute atomic E-state index is 0.197. The molecule has 528 valence electrons. The second kappa shape index (κ2) is 74.5. The molecule has 0 aliphatic carbocycles. The molecule has 0 heterocycles. The first-order chi connectivity index (χ1) is 42.4. The molecule has 0 aliphatic rings. The van der Waals surface area contributed by atoms with Gasteiger partial charge in [-0.1, -0.05) is 350 Å². The van der Waals surface area contributed by atoms with E-state index in [4.69, 9.17) is 29.9 Å². The van der Waals surface area contributed by atoms with Crippen LogP contribution < -0.4 is 0 Å². The number of carboxylic acid groups (broad SMARTS) is 4. The molecule has 0 fully saturated rings. The van der Waals surface area contributed by atoms with Crippen LogP contribution in [-0.2, 0) is 28.7 Å². The molecular formula is C76H152O10S2. The van der Waals surface area contributed by atoms with Gasteiger partial charge in [-0.2, -0.15) is 0 Å². The van der Waals surface area contributed by atoms with E-state index in [2.05, 4.69) is 27.7 Å². The van der Waals surface area contributed by atoms with Crippen LogP contribution in [0.25, 0.3) is 0 Å². The highest BCUT2D eigenvalue weighted by Crippen LogP contribution is 2.26. The maximum atomic E-state index is 11.0. The van der Waals surface area contributed by atoms with Crippen molar-refractivity contribution in [3.8, 4) is 0 Å². The third-order valence-electron chi connectivity index (χ3n) is 16.9. The van der Waals surface area contributed by atoms with Crippen LogP contribution in [-0.4, -0.2) is 90.7 Å². The van der Waals surface area contributed by atoms with Crippen molar-refractivity contribution in [2.24, 2.45) is 0 Å². The number of unbranched alkanes of at least 4 members (excludes halogenated alkanes) is 48. The van der Waals surface area contributed by atoms with Crippen LogP contribution in [0.2, 0.25) is 0 Å². The molecule has 0 saturated heterocycles. The smallest absolute Gasteiger partial charge is 0.335 e. The molecule has 12 heteroatoms. The first-order valence-electron chi connectivity index (χ1n) is 37.9. The first-order valence-corrected chi connectivity index (χ1v) is 39.9. The molecule has 0 aliphatic heterocycles. The van der Waals surface area contributed by atoms with Crippen molar-refractivity contribution in [1.82, 2.24) is 0 Å². The fourth-order valence-corrected chi connectivity index (χ4v) is 12.5. The molecule has 0 aromatic heterocycles. The molecule has 0 amide bonds. The quantitative estimate of drug-likeness (QED) is 0.0426. The Morgan fingerprint density at radius 2 is 0.580 bits per heavy atom. The van der Waals surface area contributed by atoms with Gasteiger partial charge in [-0.05, 0) is 77.7 Å². The summed E-state index contributed by atoms with van der Waals surface area (Å²) >= 11 is 3.18. The van der Waals surface area contributed by atoms with Gasteiger partial charge in [-0.15, -0.1) is 23.5 Å². The SMILES string of the molecule is CCCCCCCCCCCCCCCOC(C)(C)C(=O)O.CCCCCCCCCCCCCCCOC(CC)C(=O)O.CCCCCCCCCCCCCCCSC(C)(C)C(=O)O.CCCCCCCCCCCCCCCSC(CC)C(=O)O. The molecule has 0 rings (SSSR count). The second-order valence-electron chi connectivity index (χ2n) is 26.5. The number of aliphatic carboxylic acids is 4. The van der Waals surface area contributed by atoms with E-state index in [1.54, 1.807) is 51.2 Å². The highest BCUT2D eigenvalue weighted by Gasteiger charge is 2.28. The third-order valence-corrected chi connectivity index (χ3v) is 19.7. The third kappa shape index (κ3) is 75.2. The van der Waals surface area contributed by atoms with Gasteiger partial charge in [0.1, 0.15) is 10.00 Å². The van der Waals surface area contributed by atoms with Crippen LogP contribution >= 0.6 is 23.5 Å². The molecular weight excluding hydrogens is 1140 g/mol. The van der Waals surface area contributed by atoms with Crippen molar-refractivity contribution in [2.75, 3.05) is 24.7 Å². The van der Waals surface area contributed by atoms with E-state index < -0.39 is 40.3 Å². The lowest BCUT2D eigenvalue weighted by molar-refractivity contribution is -0.161. The molecule has 0 saturated carbocycles. The number of ether oxygens (including phenoxy) is 2. The standard InChI is InChI=1S/2C19H38O3.2C19H38O2S/c1-4-5-6-7-8-9-10-11-12-13-14-15-16-17-22-19(2,3)18(20)21;1-3-5-6-7-8-9-10-11-12-13-14-15-16-17-22-18(4-2)19(20)21;1-4-5-6-7-8-9-10-11-12-13-14-15-16-17-22-19(2,3)18(20)21;1-3-5-6-7-8-9-10-11-12-13-14-15-16-17-22-18(4-2)19(20)21/h4-17H2,1-3H3,(H,20,21);18H,3-17H2,1-2H3,(H,20,21);4-17H2,1-3H3,(H,20,21);18H,3-17H2,1-2H3,(H,20,21).